The molecule has 1 unspecified atom stereocenters. The van der Waals surface area contributed by atoms with Gasteiger partial charge in [0.25, 0.3) is 0 Å². The molecule has 276 valence electrons. The van der Waals surface area contributed by atoms with Crippen molar-refractivity contribution in [1.82, 2.24) is 0 Å². The Hall–Kier alpha value is -2.17. The van der Waals surface area contributed by atoms with Crippen LogP contribution in [0.3, 0.4) is 0 Å². The summed E-state index contributed by atoms with van der Waals surface area (Å²) in [4.78, 5) is 12.2. The molecule has 0 aromatic carbocycles. The quantitative estimate of drug-likeness (QED) is 0.0410. The number of hydrogen-bond donors (Lipinski definition) is 1. The van der Waals surface area contributed by atoms with Crippen LogP contribution in [0.2, 0.25) is 0 Å². The lowest BCUT2D eigenvalue weighted by molar-refractivity contribution is -0.154. The van der Waals surface area contributed by atoms with Gasteiger partial charge in [-0.15, -0.1) is 0 Å². The van der Waals surface area contributed by atoms with E-state index in [1.54, 1.807) is 0 Å². The minimum absolute atomic E-state index is 0.183. The molecule has 0 heterocycles. The number of carbonyl (C=O) groups excluding carboxylic acids is 1. The number of carbonyl (C=O) groups is 1. The summed E-state index contributed by atoms with van der Waals surface area (Å²) >= 11 is 0. The number of aliphatic hydroxyl groups is 1. The minimum Gasteiger partial charge on any atom is -0.457 e. The van der Waals surface area contributed by atoms with Crippen molar-refractivity contribution in [2.24, 2.45) is 0 Å². The predicted octanol–water partition coefficient (Wildman–Crippen LogP) is 13.0. The first-order valence-electron chi connectivity index (χ1n) is 20.0. The fourth-order valence-electron chi connectivity index (χ4n) is 5.28. The van der Waals surface area contributed by atoms with Crippen molar-refractivity contribution in [1.29, 1.82) is 0 Å². The van der Waals surface area contributed by atoms with Gasteiger partial charge in [0.05, 0.1) is 13.2 Å². The van der Waals surface area contributed by atoms with Crippen molar-refractivity contribution in [2.45, 2.75) is 180 Å². The molecule has 0 radical (unpaired) electrons. The average Bonchev–Trinajstić information content (AvgIpc) is 3.09. The van der Waals surface area contributed by atoms with E-state index in [1.165, 1.54) is 96.3 Å². The largest absolute Gasteiger partial charge is 0.457 e. The van der Waals surface area contributed by atoms with E-state index in [0.29, 0.717) is 13.0 Å². The molecule has 0 aliphatic rings. The van der Waals surface area contributed by atoms with Crippen LogP contribution in [0.1, 0.15) is 174 Å². The molecule has 1 atom stereocenters. The predicted molar refractivity (Wildman–Crippen MR) is 209 cm³/mol. The summed E-state index contributed by atoms with van der Waals surface area (Å²) in [5, 5.41) is 9.58. The second kappa shape index (κ2) is 41.0. The molecule has 0 bridgehead atoms. The molecule has 0 spiro atoms. The van der Waals surface area contributed by atoms with Crippen molar-refractivity contribution in [3.05, 3.63) is 72.9 Å². The molecule has 0 amide bonds. The Balaban J connectivity index is 3.50. The molecule has 0 aromatic rings. The molecule has 0 rings (SSSR count). The molecular formula is C44H76O4. The standard InChI is InChI=1S/C44H76O4/c1-3-5-7-9-11-13-15-17-19-20-21-22-23-24-25-27-29-31-33-35-37-39-44(46)48-43(41-45)42-47-40-38-36-34-32-30-28-26-18-16-14-12-10-8-6-4-2/h5,7,10-13,16-19,21-22,43,45H,3-4,6,8-9,14-15,20,23-42H2,1-2H3/b7-5-,12-10-,13-11-,18-16-,19-17-,22-21-. The Bertz CT molecular complexity index is 835. The van der Waals surface area contributed by atoms with E-state index in [2.05, 4.69) is 86.8 Å². The third-order valence-electron chi connectivity index (χ3n) is 8.27. The van der Waals surface area contributed by atoms with Gasteiger partial charge in [0, 0.05) is 13.0 Å². The number of allylic oxidation sites excluding steroid dienone is 12. The highest BCUT2D eigenvalue weighted by molar-refractivity contribution is 5.69. The third-order valence-corrected chi connectivity index (χ3v) is 8.27. The zero-order valence-corrected chi connectivity index (χ0v) is 31.5. The van der Waals surface area contributed by atoms with Gasteiger partial charge in [0.15, 0.2) is 0 Å². The maximum Gasteiger partial charge on any atom is 0.306 e. The highest BCUT2D eigenvalue weighted by Gasteiger charge is 2.13. The van der Waals surface area contributed by atoms with Gasteiger partial charge in [0.2, 0.25) is 0 Å². The first kappa shape index (κ1) is 45.8. The maximum atomic E-state index is 12.2. The highest BCUT2D eigenvalue weighted by atomic mass is 16.6. The molecule has 0 saturated heterocycles. The van der Waals surface area contributed by atoms with Gasteiger partial charge in [-0.25, -0.2) is 0 Å². The van der Waals surface area contributed by atoms with Crippen LogP contribution < -0.4 is 0 Å². The molecule has 0 saturated carbocycles. The zero-order chi connectivity index (χ0) is 34.9. The lowest BCUT2D eigenvalue weighted by atomic mass is 10.1. The Morgan fingerprint density at radius 1 is 0.521 bits per heavy atom. The number of unbranched alkanes of at least 4 members (excludes halogenated alkanes) is 16. The number of hydrogen-bond acceptors (Lipinski definition) is 4. The number of rotatable bonds is 36. The van der Waals surface area contributed by atoms with Gasteiger partial charge in [-0.1, -0.05) is 164 Å². The smallest absolute Gasteiger partial charge is 0.306 e. The zero-order valence-electron chi connectivity index (χ0n) is 31.5. The third kappa shape index (κ3) is 38.3. The van der Waals surface area contributed by atoms with Crippen LogP contribution in [-0.2, 0) is 14.3 Å². The summed E-state index contributed by atoms with van der Waals surface area (Å²) in [5.74, 6) is -0.216. The Morgan fingerprint density at radius 3 is 1.42 bits per heavy atom. The molecule has 4 nitrogen and oxygen atoms in total. The van der Waals surface area contributed by atoms with Crippen molar-refractivity contribution in [2.75, 3.05) is 19.8 Å². The van der Waals surface area contributed by atoms with Gasteiger partial charge < -0.3 is 14.6 Å². The van der Waals surface area contributed by atoms with Gasteiger partial charge in [-0.05, 0) is 77.0 Å². The summed E-state index contributed by atoms with van der Waals surface area (Å²) in [5.41, 5.74) is 0. The molecule has 0 aliphatic carbocycles. The van der Waals surface area contributed by atoms with E-state index < -0.39 is 6.10 Å². The van der Waals surface area contributed by atoms with Crippen LogP contribution in [0.5, 0.6) is 0 Å². The molecule has 0 aromatic heterocycles. The topological polar surface area (TPSA) is 55.8 Å². The van der Waals surface area contributed by atoms with Gasteiger partial charge >= 0.3 is 5.97 Å². The van der Waals surface area contributed by atoms with Gasteiger partial charge in [0.1, 0.15) is 6.10 Å². The van der Waals surface area contributed by atoms with Crippen LogP contribution >= 0.6 is 0 Å². The lowest BCUT2D eigenvalue weighted by Crippen LogP contribution is -2.27. The summed E-state index contributed by atoms with van der Waals surface area (Å²) in [6.45, 7) is 5.16. The maximum absolute atomic E-state index is 12.2. The Labute approximate surface area is 297 Å². The monoisotopic (exact) mass is 669 g/mol. The van der Waals surface area contributed by atoms with Crippen molar-refractivity contribution in [3.8, 4) is 0 Å². The molecule has 4 heteroatoms. The lowest BCUT2D eigenvalue weighted by Gasteiger charge is -2.15. The van der Waals surface area contributed by atoms with E-state index in [-0.39, 0.29) is 19.2 Å². The van der Waals surface area contributed by atoms with Crippen molar-refractivity contribution in [3.63, 3.8) is 0 Å². The van der Waals surface area contributed by atoms with E-state index >= 15 is 0 Å². The normalized spacial score (nSPS) is 13.1. The Morgan fingerprint density at radius 2 is 0.938 bits per heavy atom. The van der Waals surface area contributed by atoms with E-state index in [1.807, 2.05) is 0 Å². The molecule has 48 heavy (non-hydrogen) atoms. The second-order valence-electron chi connectivity index (χ2n) is 13.0. The van der Waals surface area contributed by atoms with E-state index in [4.69, 9.17) is 9.47 Å². The number of aliphatic hydroxyl groups excluding tert-OH is 1. The average molecular weight is 669 g/mol. The molecule has 0 fully saturated rings. The highest BCUT2D eigenvalue weighted by Crippen LogP contribution is 2.12. The van der Waals surface area contributed by atoms with Crippen molar-refractivity contribution < 1.29 is 19.4 Å². The first-order valence-corrected chi connectivity index (χ1v) is 20.0. The molecule has 0 aliphatic heterocycles. The fraction of sp³-hybridized carbons (Fsp3) is 0.705. The SMILES string of the molecule is CC/C=C\C/C=C\C/C=C\C/C=C\CCCCCCCCCCC(=O)OC(CO)COCCCCCCCC/C=C\C/C=C\CCCC. The summed E-state index contributed by atoms with van der Waals surface area (Å²) < 4.78 is 11.1. The van der Waals surface area contributed by atoms with Crippen LogP contribution in [0.15, 0.2) is 72.9 Å². The molecular weight excluding hydrogens is 592 g/mol. The van der Waals surface area contributed by atoms with E-state index in [9.17, 15) is 9.90 Å². The van der Waals surface area contributed by atoms with Crippen molar-refractivity contribution >= 4 is 5.97 Å². The minimum atomic E-state index is -0.547. The van der Waals surface area contributed by atoms with E-state index in [0.717, 1.165) is 57.8 Å². The number of ether oxygens (including phenoxy) is 2. The van der Waals surface area contributed by atoms with Gasteiger partial charge in [-0.3, -0.25) is 4.79 Å². The fourth-order valence-corrected chi connectivity index (χ4v) is 5.28. The summed E-state index contributed by atoms with van der Waals surface area (Å²) in [6.07, 6.45) is 55.2. The number of esters is 1. The molecule has 1 N–H and O–H groups in total. The first-order chi connectivity index (χ1) is 23.7. The van der Waals surface area contributed by atoms with Gasteiger partial charge in [-0.2, -0.15) is 0 Å². The van der Waals surface area contributed by atoms with Crippen LogP contribution in [0, 0.1) is 0 Å². The summed E-state index contributed by atoms with van der Waals surface area (Å²) in [7, 11) is 0. The second-order valence-corrected chi connectivity index (χ2v) is 13.0. The van der Waals surface area contributed by atoms with Crippen LogP contribution in [0.25, 0.3) is 0 Å². The summed E-state index contributed by atoms with van der Waals surface area (Å²) in [6, 6.07) is 0. The van der Waals surface area contributed by atoms with Crippen LogP contribution in [-0.4, -0.2) is 37.0 Å². The Kier molecular flexibility index (Phi) is 39.1. The van der Waals surface area contributed by atoms with Crippen LogP contribution in [0.4, 0.5) is 0 Å².